The number of carboxylic acids is 1. The number of likely N-dealkylation sites (tertiary alicyclic amines) is 1. The predicted molar refractivity (Wildman–Crippen MR) is 131 cm³/mol. The van der Waals surface area contributed by atoms with Crippen molar-refractivity contribution in [3.63, 3.8) is 0 Å². The lowest BCUT2D eigenvalue weighted by molar-refractivity contribution is -0.145. The molecule has 0 saturated carbocycles. The number of nitrogens with zero attached hydrogens (tertiary/aromatic N) is 1. The monoisotopic (exact) mass is 493 g/mol. The molecule has 0 bridgehead atoms. The van der Waals surface area contributed by atoms with Crippen LogP contribution in [0.1, 0.15) is 37.7 Å². The number of aliphatic carboxylic acids is 1. The van der Waals surface area contributed by atoms with E-state index >= 15 is 0 Å². The summed E-state index contributed by atoms with van der Waals surface area (Å²) in [6.45, 7) is 0.799. The highest BCUT2D eigenvalue weighted by Gasteiger charge is 2.39. The number of unbranched alkanes of at least 4 members (excludes halogenated alkanes) is 1. The summed E-state index contributed by atoms with van der Waals surface area (Å²) >= 11 is 4.03. The summed E-state index contributed by atoms with van der Waals surface area (Å²) in [5.74, 6) is -2.42. The van der Waals surface area contributed by atoms with Crippen LogP contribution in [0.25, 0.3) is 0 Å². The van der Waals surface area contributed by atoms with Gasteiger partial charge in [-0.15, -0.1) is 0 Å². The zero-order valence-electron chi connectivity index (χ0n) is 19.2. The van der Waals surface area contributed by atoms with Gasteiger partial charge in [-0.25, -0.2) is 4.79 Å². The first-order chi connectivity index (χ1) is 16.3. The first-order valence-corrected chi connectivity index (χ1v) is 12.2. The summed E-state index contributed by atoms with van der Waals surface area (Å²) < 4.78 is 0. The van der Waals surface area contributed by atoms with Gasteiger partial charge < -0.3 is 32.1 Å². The largest absolute Gasteiger partial charge is 0.480 e. The van der Waals surface area contributed by atoms with Crippen molar-refractivity contribution in [3.05, 3.63) is 35.9 Å². The minimum atomic E-state index is -1.15. The fraction of sp³-hybridized carbons (Fsp3) is 0.565. The molecule has 4 unspecified atom stereocenters. The number of nitrogens with two attached hydrogens (primary N) is 2. The van der Waals surface area contributed by atoms with Crippen molar-refractivity contribution in [2.45, 2.75) is 62.7 Å². The molecular formula is C23H35N5O5S. The fourth-order valence-corrected chi connectivity index (χ4v) is 4.10. The Balaban J connectivity index is 2.10. The molecule has 0 aromatic heterocycles. The lowest BCUT2D eigenvalue weighted by Gasteiger charge is -2.30. The van der Waals surface area contributed by atoms with Gasteiger partial charge in [-0.2, -0.15) is 12.6 Å². The zero-order valence-corrected chi connectivity index (χ0v) is 20.1. The Kier molecular flexibility index (Phi) is 11.3. The molecule has 3 amide bonds. The maximum atomic E-state index is 13.3. The molecule has 0 radical (unpaired) electrons. The number of rotatable bonds is 13. The van der Waals surface area contributed by atoms with Gasteiger partial charge in [0.2, 0.25) is 17.7 Å². The summed E-state index contributed by atoms with van der Waals surface area (Å²) in [5, 5.41) is 14.9. The van der Waals surface area contributed by atoms with Gasteiger partial charge in [0.15, 0.2) is 0 Å². The van der Waals surface area contributed by atoms with Crippen LogP contribution >= 0.6 is 12.6 Å². The van der Waals surface area contributed by atoms with E-state index < -0.39 is 42.0 Å². The molecular weight excluding hydrogens is 458 g/mol. The van der Waals surface area contributed by atoms with E-state index in [4.69, 9.17) is 11.5 Å². The summed E-state index contributed by atoms with van der Waals surface area (Å²) in [6, 6.07) is 5.36. The molecule has 1 heterocycles. The number of carbonyl (C=O) groups is 4. The van der Waals surface area contributed by atoms with Crippen LogP contribution in [0.4, 0.5) is 0 Å². The van der Waals surface area contributed by atoms with Gasteiger partial charge in [-0.3, -0.25) is 14.4 Å². The molecule has 0 aliphatic carbocycles. The van der Waals surface area contributed by atoms with E-state index in [1.807, 2.05) is 6.07 Å². The molecule has 10 nitrogen and oxygen atoms in total. The molecule has 2 rings (SSSR count). The highest BCUT2D eigenvalue weighted by molar-refractivity contribution is 7.80. The standard InChI is InChI=1S/C23H35N5O5S/c24-11-5-4-9-17(26-20(29)16(25)14-34)22(31)28-12-6-10-19(28)21(30)27-18(23(32)33)13-15-7-2-1-3-8-15/h1-3,7-8,16-19,34H,4-6,9-14,24-25H2,(H,26,29)(H,27,30)(H,32,33). The van der Waals surface area contributed by atoms with E-state index in [0.29, 0.717) is 45.2 Å². The average molecular weight is 494 g/mol. The zero-order chi connectivity index (χ0) is 25.1. The molecule has 34 heavy (non-hydrogen) atoms. The van der Waals surface area contributed by atoms with Crippen LogP contribution in [0.2, 0.25) is 0 Å². The molecule has 1 saturated heterocycles. The van der Waals surface area contributed by atoms with Crippen molar-refractivity contribution in [2.24, 2.45) is 11.5 Å². The lowest BCUT2D eigenvalue weighted by Crippen LogP contribution is -2.57. The number of amides is 3. The normalized spacial score (nSPS) is 18.1. The summed E-state index contributed by atoms with van der Waals surface area (Å²) in [6.07, 6.45) is 2.79. The Labute approximate surface area is 205 Å². The van der Waals surface area contributed by atoms with E-state index in [1.165, 1.54) is 4.90 Å². The van der Waals surface area contributed by atoms with E-state index in [1.54, 1.807) is 24.3 Å². The molecule has 1 aromatic rings. The highest BCUT2D eigenvalue weighted by atomic mass is 32.1. The van der Waals surface area contributed by atoms with Crippen LogP contribution < -0.4 is 22.1 Å². The number of hydrogen-bond donors (Lipinski definition) is 6. The maximum absolute atomic E-state index is 13.3. The minimum Gasteiger partial charge on any atom is -0.480 e. The number of hydrogen-bond acceptors (Lipinski definition) is 7. The van der Waals surface area contributed by atoms with Crippen LogP contribution in [0.5, 0.6) is 0 Å². The first kappa shape index (κ1) is 27.6. The smallest absolute Gasteiger partial charge is 0.326 e. The number of carbonyl (C=O) groups excluding carboxylic acids is 3. The van der Waals surface area contributed by atoms with Crippen LogP contribution in [0.3, 0.4) is 0 Å². The third kappa shape index (κ3) is 8.00. The van der Waals surface area contributed by atoms with Crippen molar-refractivity contribution in [3.8, 4) is 0 Å². The molecule has 4 atom stereocenters. The Morgan fingerprint density at radius 1 is 1.12 bits per heavy atom. The lowest BCUT2D eigenvalue weighted by atomic mass is 10.0. The van der Waals surface area contributed by atoms with Gasteiger partial charge in [-0.1, -0.05) is 30.3 Å². The number of benzene rings is 1. The molecule has 1 aliphatic heterocycles. The van der Waals surface area contributed by atoms with Crippen LogP contribution in [-0.4, -0.2) is 76.7 Å². The van der Waals surface area contributed by atoms with Crippen molar-refractivity contribution >= 4 is 36.3 Å². The number of carboxylic acid groups (broad SMARTS) is 1. The third-order valence-electron chi connectivity index (χ3n) is 5.83. The quantitative estimate of drug-likeness (QED) is 0.161. The molecule has 188 valence electrons. The Bertz CT molecular complexity index is 840. The maximum Gasteiger partial charge on any atom is 0.326 e. The Morgan fingerprint density at radius 2 is 1.82 bits per heavy atom. The van der Waals surface area contributed by atoms with Gasteiger partial charge in [0.05, 0.1) is 6.04 Å². The summed E-state index contributed by atoms with van der Waals surface area (Å²) in [5.41, 5.74) is 12.1. The second kappa shape index (κ2) is 13.9. The highest BCUT2D eigenvalue weighted by Crippen LogP contribution is 2.20. The van der Waals surface area contributed by atoms with Crippen molar-refractivity contribution < 1.29 is 24.3 Å². The fourth-order valence-electron chi connectivity index (χ4n) is 3.93. The van der Waals surface area contributed by atoms with Crippen molar-refractivity contribution in [2.75, 3.05) is 18.8 Å². The second-order valence-corrected chi connectivity index (χ2v) is 8.78. The van der Waals surface area contributed by atoms with E-state index in [-0.39, 0.29) is 18.1 Å². The van der Waals surface area contributed by atoms with Crippen molar-refractivity contribution in [1.29, 1.82) is 0 Å². The molecule has 1 aromatic carbocycles. The summed E-state index contributed by atoms with van der Waals surface area (Å²) in [4.78, 5) is 51.9. The Hall–Kier alpha value is -2.63. The topological polar surface area (TPSA) is 168 Å². The Morgan fingerprint density at radius 3 is 2.44 bits per heavy atom. The molecule has 11 heteroatoms. The van der Waals surface area contributed by atoms with Crippen LogP contribution in [-0.2, 0) is 25.6 Å². The number of nitrogens with one attached hydrogen (secondary N) is 2. The molecule has 1 aliphatic rings. The average Bonchev–Trinajstić information content (AvgIpc) is 3.32. The van der Waals surface area contributed by atoms with E-state index in [0.717, 1.165) is 5.56 Å². The first-order valence-electron chi connectivity index (χ1n) is 11.5. The SMILES string of the molecule is NCCCCC(NC(=O)C(N)CS)C(=O)N1CCCC1C(=O)NC(Cc1ccccc1)C(=O)O. The van der Waals surface area contributed by atoms with Gasteiger partial charge >= 0.3 is 5.97 Å². The second-order valence-electron chi connectivity index (χ2n) is 8.41. The van der Waals surface area contributed by atoms with Gasteiger partial charge in [0.25, 0.3) is 0 Å². The molecule has 1 fully saturated rings. The van der Waals surface area contributed by atoms with E-state index in [9.17, 15) is 24.3 Å². The molecule has 0 spiro atoms. The molecule has 7 N–H and O–H groups in total. The van der Waals surface area contributed by atoms with E-state index in [2.05, 4.69) is 23.3 Å². The number of thiol groups is 1. The van der Waals surface area contributed by atoms with Crippen LogP contribution in [0, 0.1) is 0 Å². The van der Waals surface area contributed by atoms with Crippen LogP contribution in [0.15, 0.2) is 30.3 Å². The van der Waals surface area contributed by atoms with Gasteiger partial charge in [-0.05, 0) is 44.2 Å². The third-order valence-corrected chi connectivity index (χ3v) is 6.22. The predicted octanol–water partition coefficient (Wildman–Crippen LogP) is -0.340. The summed E-state index contributed by atoms with van der Waals surface area (Å²) in [7, 11) is 0. The van der Waals surface area contributed by atoms with Crippen molar-refractivity contribution in [1.82, 2.24) is 15.5 Å². The minimum absolute atomic E-state index is 0.127. The van der Waals surface area contributed by atoms with Gasteiger partial charge in [0, 0.05) is 18.7 Å². The van der Waals surface area contributed by atoms with Gasteiger partial charge in [0.1, 0.15) is 18.1 Å².